The second-order valence-corrected chi connectivity index (χ2v) is 7.50. The van der Waals surface area contributed by atoms with Crippen molar-refractivity contribution in [2.75, 3.05) is 6.54 Å². The van der Waals surface area contributed by atoms with Crippen molar-refractivity contribution in [1.29, 1.82) is 0 Å². The van der Waals surface area contributed by atoms with Crippen molar-refractivity contribution in [2.45, 2.75) is 57.3 Å². The Labute approximate surface area is 155 Å². The Morgan fingerprint density at radius 2 is 1.88 bits per heavy atom. The molecule has 2 aromatic rings. The number of rotatable bonds is 3. The summed E-state index contributed by atoms with van der Waals surface area (Å²) in [5.74, 6) is 0.216. The normalized spacial score (nSPS) is 26.3. The second-order valence-electron chi connectivity index (χ2n) is 7.50. The highest BCUT2D eigenvalue weighted by Crippen LogP contribution is 2.42. The van der Waals surface area contributed by atoms with Crippen LogP contribution in [0.25, 0.3) is 0 Å². The van der Waals surface area contributed by atoms with E-state index in [1.165, 1.54) is 12.0 Å². The Bertz CT molecular complexity index is 734. The summed E-state index contributed by atoms with van der Waals surface area (Å²) in [6, 6.07) is 17.9. The van der Waals surface area contributed by atoms with E-state index in [0.717, 1.165) is 38.0 Å². The van der Waals surface area contributed by atoms with Gasteiger partial charge in [-0.2, -0.15) is 0 Å². The lowest BCUT2D eigenvalue weighted by molar-refractivity contribution is -0.131. The first kappa shape index (κ1) is 17.2. The van der Waals surface area contributed by atoms with Crippen LogP contribution in [0.15, 0.2) is 54.7 Å². The third-order valence-corrected chi connectivity index (χ3v) is 5.94. The van der Waals surface area contributed by atoms with Crippen molar-refractivity contribution in [3.8, 4) is 0 Å². The van der Waals surface area contributed by atoms with Crippen LogP contribution < -0.4 is 0 Å². The van der Waals surface area contributed by atoms with E-state index >= 15 is 0 Å². The maximum absolute atomic E-state index is 12.3. The Morgan fingerprint density at radius 3 is 2.62 bits per heavy atom. The summed E-state index contributed by atoms with van der Waals surface area (Å²) < 4.78 is 0. The van der Waals surface area contributed by atoms with Crippen LogP contribution in [0.5, 0.6) is 0 Å². The van der Waals surface area contributed by atoms with Crippen molar-refractivity contribution in [2.24, 2.45) is 0 Å². The first-order valence-electron chi connectivity index (χ1n) is 9.72. The summed E-state index contributed by atoms with van der Waals surface area (Å²) in [7, 11) is 0. The Kier molecular flexibility index (Phi) is 5.02. The fourth-order valence-corrected chi connectivity index (χ4v) is 4.77. The molecule has 1 amide bonds. The summed E-state index contributed by atoms with van der Waals surface area (Å²) >= 11 is 0. The van der Waals surface area contributed by atoms with E-state index in [1.807, 2.05) is 12.3 Å². The van der Waals surface area contributed by atoms with E-state index in [9.17, 15) is 4.79 Å². The molecule has 136 valence electrons. The minimum atomic E-state index is 0.216. The number of hydrogen-bond donors (Lipinski definition) is 0. The van der Waals surface area contributed by atoms with Gasteiger partial charge in [0.1, 0.15) is 0 Å². The van der Waals surface area contributed by atoms with Gasteiger partial charge in [0.05, 0.1) is 5.69 Å². The second kappa shape index (κ2) is 7.58. The molecule has 2 saturated heterocycles. The van der Waals surface area contributed by atoms with E-state index in [2.05, 4.69) is 57.2 Å². The zero-order chi connectivity index (χ0) is 17.9. The average molecular weight is 349 g/mol. The molecule has 0 spiro atoms. The Hall–Kier alpha value is -2.20. The van der Waals surface area contributed by atoms with Crippen LogP contribution in [0.1, 0.15) is 49.9 Å². The predicted molar refractivity (Wildman–Crippen MR) is 102 cm³/mol. The largest absolute Gasteiger partial charge is 0.338 e. The van der Waals surface area contributed by atoms with E-state index in [0.29, 0.717) is 18.1 Å². The zero-order valence-corrected chi connectivity index (χ0v) is 15.4. The maximum atomic E-state index is 12.3. The summed E-state index contributed by atoms with van der Waals surface area (Å²) in [5, 5.41) is 0. The van der Waals surface area contributed by atoms with Crippen molar-refractivity contribution in [3.63, 3.8) is 0 Å². The van der Waals surface area contributed by atoms with Crippen LogP contribution in [0.4, 0.5) is 0 Å². The molecule has 1 aromatic carbocycles. The van der Waals surface area contributed by atoms with Crippen LogP contribution in [-0.2, 0) is 11.3 Å². The van der Waals surface area contributed by atoms with Crippen LogP contribution in [0.2, 0.25) is 0 Å². The number of likely N-dealkylation sites (tertiary alicyclic amines) is 2. The number of benzene rings is 1. The molecule has 2 fully saturated rings. The van der Waals surface area contributed by atoms with Gasteiger partial charge in [-0.3, -0.25) is 14.7 Å². The molecule has 4 nitrogen and oxygen atoms in total. The first-order chi connectivity index (χ1) is 12.7. The molecule has 0 unspecified atom stereocenters. The number of fused-ring (bicyclic) bond motifs is 1. The molecule has 26 heavy (non-hydrogen) atoms. The minimum Gasteiger partial charge on any atom is -0.338 e. The summed E-state index contributed by atoms with van der Waals surface area (Å²) in [6.45, 7) is 3.46. The predicted octanol–water partition coefficient (Wildman–Crippen LogP) is 3.80. The molecule has 4 heteroatoms. The lowest BCUT2D eigenvalue weighted by Gasteiger charge is -2.33. The van der Waals surface area contributed by atoms with Gasteiger partial charge in [-0.05, 0) is 37.0 Å². The molecule has 0 aliphatic carbocycles. The van der Waals surface area contributed by atoms with Crippen molar-refractivity contribution in [3.05, 3.63) is 66.0 Å². The van der Waals surface area contributed by atoms with Gasteiger partial charge in [-0.1, -0.05) is 42.8 Å². The molecular formula is C22H27N3O. The van der Waals surface area contributed by atoms with Gasteiger partial charge < -0.3 is 4.90 Å². The highest BCUT2D eigenvalue weighted by atomic mass is 16.2. The zero-order valence-electron chi connectivity index (χ0n) is 15.4. The van der Waals surface area contributed by atoms with E-state index in [-0.39, 0.29) is 5.91 Å². The molecule has 0 saturated carbocycles. The lowest BCUT2D eigenvalue weighted by atomic mass is 10.0. The highest BCUT2D eigenvalue weighted by molar-refractivity contribution is 5.73. The average Bonchev–Trinajstić information content (AvgIpc) is 2.87. The molecule has 2 aliphatic rings. The van der Waals surface area contributed by atoms with Crippen LogP contribution in [-0.4, -0.2) is 39.3 Å². The number of amides is 1. The number of aromatic nitrogens is 1. The third-order valence-electron chi connectivity index (χ3n) is 5.94. The topological polar surface area (TPSA) is 36.4 Å². The monoisotopic (exact) mass is 349 g/mol. The fraction of sp³-hybridized carbons (Fsp3) is 0.455. The lowest BCUT2D eigenvalue weighted by Crippen LogP contribution is -2.45. The van der Waals surface area contributed by atoms with Gasteiger partial charge in [0.15, 0.2) is 0 Å². The van der Waals surface area contributed by atoms with Gasteiger partial charge in [0, 0.05) is 44.3 Å². The Morgan fingerprint density at radius 1 is 1.08 bits per heavy atom. The SMILES string of the molecule is CC(=O)N1CCCC[C@H]2[C@H]1C[C@@H](c1ccccc1)N2Cc1ccccn1. The standard InChI is InChI=1S/C22H27N3O/c1-17(26)24-14-8-6-12-20-22(24)15-21(18-9-3-2-4-10-18)25(20)16-19-11-5-7-13-23-19/h2-5,7,9-11,13,20-22H,6,8,12,14-16H2,1H3/t20-,21-,22+/m0/s1. The molecule has 0 radical (unpaired) electrons. The van der Waals surface area contributed by atoms with E-state index in [4.69, 9.17) is 0 Å². The molecular weight excluding hydrogens is 322 g/mol. The van der Waals surface area contributed by atoms with Crippen LogP contribution in [0.3, 0.4) is 0 Å². The molecule has 3 atom stereocenters. The van der Waals surface area contributed by atoms with Crippen LogP contribution in [0, 0.1) is 0 Å². The molecule has 3 heterocycles. The molecule has 0 N–H and O–H groups in total. The Balaban J connectivity index is 1.69. The van der Waals surface area contributed by atoms with Crippen LogP contribution >= 0.6 is 0 Å². The number of carbonyl (C=O) groups is 1. The summed E-state index contributed by atoms with van der Waals surface area (Å²) in [5.41, 5.74) is 2.45. The number of pyridine rings is 1. The molecule has 0 bridgehead atoms. The van der Waals surface area contributed by atoms with E-state index in [1.54, 1.807) is 6.92 Å². The number of carbonyl (C=O) groups excluding carboxylic acids is 1. The highest BCUT2D eigenvalue weighted by Gasteiger charge is 2.45. The maximum Gasteiger partial charge on any atom is 0.219 e. The first-order valence-corrected chi connectivity index (χ1v) is 9.72. The molecule has 1 aromatic heterocycles. The van der Waals surface area contributed by atoms with Crippen molar-refractivity contribution in [1.82, 2.24) is 14.8 Å². The summed E-state index contributed by atoms with van der Waals surface area (Å²) in [4.78, 5) is 21.6. The van der Waals surface area contributed by atoms with Crippen molar-refractivity contribution >= 4 is 5.91 Å². The van der Waals surface area contributed by atoms with Gasteiger partial charge in [-0.25, -0.2) is 0 Å². The van der Waals surface area contributed by atoms with Gasteiger partial charge in [-0.15, -0.1) is 0 Å². The summed E-state index contributed by atoms with van der Waals surface area (Å²) in [6.07, 6.45) is 6.34. The molecule has 2 aliphatic heterocycles. The minimum absolute atomic E-state index is 0.216. The smallest absolute Gasteiger partial charge is 0.219 e. The number of hydrogen-bond acceptors (Lipinski definition) is 3. The number of nitrogens with zero attached hydrogens (tertiary/aromatic N) is 3. The van der Waals surface area contributed by atoms with Gasteiger partial charge >= 0.3 is 0 Å². The van der Waals surface area contributed by atoms with Gasteiger partial charge in [0.25, 0.3) is 0 Å². The molecule has 4 rings (SSSR count). The quantitative estimate of drug-likeness (QED) is 0.846. The van der Waals surface area contributed by atoms with E-state index < -0.39 is 0 Å². The van der Waals surface area contributed by atoms with Gasteiger partial charge in [0.2, 0.25) is 5.91 Å². The fourth-order valence-electron chi connectivity index (χ4n) is 4.77. The third kappa shape index (κ3) is 3.38. The van der Waals surface area contributed by atoms with Crippen molar-refractivity contribution < 1.29 is 4.79 Å².